The van der Waals surface area contributed by atoms with Gasteiger partial charge in [0.15, 0.2) is 10.7 Å². The average Bonchev–Trinajstić information content (AvgIpc) is 2.14. The van der Waals surface area contributed by atoms with E-state index in [1.807, 2.05) is 6.07 Å². The van der Waals surface area contributed by atoms with Crippen molar-refractivity contribution in [3.05, 3.63) is 16.4 Å². The van der Waals surface area contributed by atoms with Crippen molar-refractivity contribution in [2.45, 2.75) is 13.3 Å². The van der Waals surface area contributed by atoms with E-state index in [0.29, 0.717) is 0 Å². The highest BCUT2D eigenvalue weighted by Crippen LogP contribution is 2.06. The predicted octanol–water partition coefficient (Wildman–Crippen LogP) is 1.00. The number of allylic oxidation sites excluding steroid dienone is 1. The van der Waals surface area contributed by atoms with E-state index in [0.717, 1.165) is 0 Å². The van der Waals surface area contributed by atoms with Gasteiger partial charge in [0.25, 0.3) is 0 Å². The summed E-state index contributed by atoms with van der Waals surface area (Å²) in [5, 5.41) is 25.7. The topological polar surface area (TPSA) is 92.5 Å². The van der Waals surface area contributed by atoms with E-state index in [1.165, 1.54) is 18.9 Å². The minimum absolute atomic E-state index is 0.186. The van der Waals surface area contributed by atoms with Gasteiger partial charge in [-0.05, 0) is 0 Å². The van der Waals surface area contributed by atoms with Crippen LogP contribution in [0.15, 0.2) is 11.5 Å². The molecule has 0 rings (SSSR count). The van der Waals surface area contributed by atoms with Gasteiger partial charge in [-0.2, -0.15) is 5.26 Å². The molecule has 0 radical (unpaired) electrons. The molecule has 0 aromatic rings. The number of rotatable bonds is 3. The Bertz CT molecular complexity index is 330. The molecule has 0 aliphatic carbocycles. The zero-order valence-corrected chi connectivity index (χ0v) is 8.06. The van der Waals surface area contributed by atoms with Crippen LogP contribution in [0.2, 0.25) is 0 Å². The first kappa shape index (κ1) is 11.9. The van der Waals surface area contributed by atoms with Gasteiger partial charge >= 0.3 is 11.6 Å². The monoisotopic (exact) mass is 195 g/mol. The summed E-state index contributed by atoms with van der Waals surface area (Å²) in [4.78, 5) is 15.2. The molecule has 0 fully saturated rings. The van der Waals surface area contributed by atoms with Crippen LogP contribution in [0.25, 0.3) is 4.98 Å². The van der Waals surface area contributed by atoms with Crippen LogP contribution in [0.3, 0.4) is 0 Å². The van der Waals surface area contributed by atoms with Gasteiger partial charge in [-0.15, -0.1) is 0 Å². The molecule has 0 unspecified atom stereocenters. The smallest absolute Gasteiger partial charge is 0.485 e. The van der Waals surface area contributed by atoms with E-state index in [-0.39, 0.29) is 18.7 Å². The van der Waals surface area contributed by atoms with Crippen LogP contribution in [-0.2, 0) is 4.79 Å². The van der Waals surface area contributed by atoms with E-state index >= 15 is 0 Å². The summed E-state index contributed by atoms with van der Waals surface area (Å²) in [6.45, 7) is 1.46. The number of diazo groups is 1. The van der Waals surface area contributed by atoms with Crippen molar-refractivity contribution < 1.29 is 9.90 Å². The molecule has 0 heterocycles. The summed E-state index contributed by atoms with van der Waals surface area (Å²) >= 11 is 0. The molecule has 0 saturated heterocycles. The third-order valence-corrected chi connectivity index (χ3v) is 1.55. The summed E-state index contributed by atoms with van der Waals surface area (Å²) in [7, 11) is 1.45. The third-order valence-electron chi connectivity index (χ3n) is 1.55. The summed E-state index contributed by atoms with van der Waals surface area (Å²) in [6.07, 6.45) is 0.186. The molecule has 0 spiro atoms. The summed E-state index contributed by atoms with van der Waals surface area (Å²) in [5.41, 5.74) is -0.412. The van der Waals surface area contributed by atoms with Crippen LogP contribution >= 0.6 is 0 Å². The van der Waals surface area contributed by atoms with Crippen LogP contribution in [0.4, 0.5) is 0 Å². The molecule has 1 amide bonds. The van der Waals surface area contributed by atoms with Crippen molar-refractivity contribution in [2.24, 2.45) is 0 Å². The molecule has 0 aromatic heterocycles. The number of carbonyl (C=O) groups is 1. The Balaban J connectivity index is 4.57. The molecule has 6 heteroatoms. The molecule has 0 aliphatic rings. The number of hydrogen-bond acceptors (Lipinski definition) is 4. The molecule has 0 aromatic carbocycles. The first-order chi connectivity index (χ1) is 6.54. The van der Waals surface area contributed by atoms with Gasteiger partial charge in [0.05, 0.1) is 12.5 Å². The Morgan fingerprint density at radius 1 is 1.64 bits per heavy atom. The lowest BCUT2D eigenvalue weighted by atomic mass is 10.3. The Morgan fingerprint density at radius 2 is 2.21 bits per heavy atom. The summed E-state index contributed by atoms with van der Waals surface area (Å²) in [6, 6.07) is 1.87. The highest BCUT2D eigenvalue weighted by molar-refractivity contribution is 5.95. The summed E-state index contributed by atoms with van der Waals surface area (Å²) in [5.74, 6) is -0.982. The number of aliphatic hydroxyl groups excluding tert-OH is 1. The second-order valence-electron chi connectivity index (χ2n) is 2.67. The predicted molar refractivity (Wildman–Crippen MR) is 48.3 cm³/mol. The minimum atomic E-state index is -0.622. The number of likely N-dealkylation sites (N-methyl/N-ethyl adjacent to an activating group) is 1. The molecule has 74 valence electrons. The fourth-order valence-electron chi connectivity index (χ4n) is 0.770. The number of hydrogen-bond donors (Lipinski definition) is 1. The molecule has 0 bridgehead atoms. The zero-order valence-electron chi connectivity index (χ0n) is 8.06. The average molecular weight is 195 g/mol. The van der Waals surface area contributed by atoms with Crippen LogP contribution in [0.1, 0.15) is 13.3 Å². The lowest BCUT2D eigenvalue weighted by Crippen LogP contribution is -2.28. The Labute approximate surface area is 81.7 Å². The lowest BCUT2D eigenvalue weighted by Gasteiger charge is -2.10. The number of aliphatic hydroxyl groups is 1. The molecular weight excluding hydrogens is 184 g/mol. The first-order valence-electron chi connectivity index (χ1n) is 3.92. The van der Waals surface area contributed by atoms with Gasteiger partial charge < -0.3 is 10.0 Å². The molecule has 0 saturated carbocycles. The van der Waals surface area contributed by atoms with Gasteiger partial charge in [0.2, 0.25) is 5.39 Å². The molecule has 0 aliphatic heterocycles. The van der Waals surface area contributed by atoms with Gasteiger partial charge in [-0.3, -0.25) is 4.79 Å². The second-order valence-corrected chi connectivity index (χ2v) is 2.67. The Morgan fingerprint density at radius 3 is 2.57 bits per heavy atom. The van der Waals surface area contributed by atoms with Crippen molar-refractivity contribution >= 4 is 5.91 Å². The summed E-state index contributed by atoms with van der Waals surface area (Å²) < 4.78 is 0. The Hall–Kier alpha value is -2.08. The van der Waals surface area contributed by atoms with E-state index in [1.54, 1.807) is 0 Å². The molecule has 6 nitrogen and oxygen atoms in total. The molecular formula is C8H11N4O2+. The van der Waals surface area contributed by atoms with Gasteiger partial charge in [0.1, 0.15) is 0 Å². The molecule has 0 atom stereocenters. The number of carbonyl (C=O) groups excluding carboxylic acids is 1. The van der Waals surface area contributed by atoms with Gasteiger partial charge in [0, 0.05) is 20.5 Å². The fraction of sp³-hybridized carbons (Fsp3) is 0.500. The van der Waals surface area contributed by atoms with Gasteiger partial charge in [-0.1, -0.05) is 0 Å². The maximum atomic E-state index is 11.4. The van der Waals surface area contributed by atoms with E-state index < -0.39 is 11.6 Å². The largest absolute Gasteiger partial charge is 0.505 e. The SMILES string of the molecule is C/C(O)=C(/[N+]#N)C(=O)N(C)CCC#N. The zero-order chi connectivity index (χ0) is 11.1. The van der Waals surface area contributed by atoms with Crippen LogP contribution in [0, 0.1) is 16.7 Å². The molecule has 14 heavy (non-hydrogen) atoms. The van der Waals surface area contributed by atoms with Crippen molar-refractivity contribution in [1.29, 1.82) is 10.7 Å². The maximum absolute atomic E-state index is 11.4. The number of amides is 1. The van der Waals surface area contributed by atoms with Crippen molar-refractivity contribution in [2.75, 3.05) is 13.6 Å². The van der Waals surface area contributed by atoms with Crippen LogP contribution < -0.4 is 0 Å². The molecule has 1 N–H and O–H groups in total. The van der Waals surface area contributed by atoms with Crippen molar-refractivity contribution in [3.8, 4) is 6.07 Å². The maximum Gasteiger partial charge on any atom is 0.485 e. The van der Waals surface area contributed by atoms with Crippen LogP contribution in [-0.4, -0.2) is 29.5 Å². The van der Waals surface area contributed by atoms with E-state index in [2.05, 4.69) is 4.98 Å². The van der Waals surface area contributed by atoms with Gasteiger partial charge in [-0.25, -0.2) is 0 Å². The second kappa shape index (κ2) is 5.55. The number of nitriles is 1. The highest BCUT2D eigenvalue weighted by Gasteiger charge is 2.29. The van der Waals surface area contributed by atoms with E-state index in [9.17, 15) is 4.79 Å². The third kappa shape index (κ3) is 3.11. The Kier molecular flexibility index (Phi) is 4.72. The fourth-order valence-corrected chi connectivity index (χ4v) is 0.770. The minimum Gasteiger partial charge on any atom is -0.505 e. The lowest BCUT2D eigenvalue weighted by molar-refractivity contribution is -0.125. The van der Waals surface area contributed by atoms with Crippen LogP contribution in [0.5, 0.6) is 0 Å². The first-order valence-corrected chi connectivity index (χ1v) is 3.92. The van der Waals surface area contributed by atoms with Crippen molar-refractivity contribution in [1.82, 2.24) is 4.90 Å². The quantitative estimate of drug-likeness (QED) is 0.413. The number of nitrogens with zero attached hydrogens (tertiary/aromatic N) is 4. The standard InChI is InChI=1S/C8H10N4O2/c1-6(13)7(11-10)8(14)12(2)5-3-4-9/h3,5H2,1-2H3/p+1. The van der Waals surface area contributed by atoms with Crippen molar-refractivity contribution in [3.63, 3.8) is 0 Å². The normalized spacial score (nSPS) is 10.9. The van der Waals surface area contributed by atoms with E-state index in [4.69, 9.17) is 15.8 Å². The highest BCUT2D eigenvalue weighted by atomic mass is 16.3.